The number of carbonyl (C=O) groups is 1. The SMILES string of the molecule is COc1cc(CCCCC(=O)O)ccc1OC(C)C. The van der Waals surface area contributed by atoms with Crippen LogP contribution in [0.5, 0.6) is 11.5 Å². The molecule has 0 amide bonds. The topological polar surface area (TPSA) is 55.8 Å². The normalized spacial score (nSPS) is 10.5. The number of ether oxygens (including phenoxy) is 2. The van der Waals surface area contributed by atoms with Gasteiger partial charge in [0.2, 0.25) is 0 Å². The van der Waals surface area contributed by atoms with Crippen molar-refractivity contribution < 1.29 is 19.4 Å². The van der Waals surface area contributed by atoms with Crippen molar-refractivity contribution in [2.24, 2.45) is 0 Å². The van der Waals surface area contributed by atoms with Gasteiger partial charge in [0.25, 0.3) is 0 Å². The summed E-state index contributed by atoms with van der Waals surface area (Å²) >= 11 is 0. The summed E-state index contributed by atoms with van der Waals surface area (Å²) in [5, 5.41) is 8.58. The molecule has 0 radical (unpaired) electrons. The maximum atomic E-state index is 10.4. The Morgan fingerprint density at radius 3 is 2.58 bits per heavy atom. The Labute approximate surface area is 114 Å². The zero-order valence-corrected chi connectivity index (χ0v) is 11.8. The number of methoxy groups -OCH3 is 1. The van der Waals surface area contributed by atoms with Gasteiger partial charge in [-0.25, -0.2) is 0 Å². The summed E-state index contributed by atoms with van der Waals surface area (Å²) in [4.78, 5) is 10.4. The molecule has 1 rings (SSSR count). The quantitative estimate of drug-likeness (QED) is 0.734. The number of hydrogen-bond donors (Lipinski definition) is 1. The summed E-state index contributed by atoms with van der Waals surface area (Å²) < 4.78 is 11.0. The summed E-state index contributed by atoms with van der Waals surface area (Å²) in [6.07, 6.45) is 2.74. The minimum Gasteiger partial charge on any atom is -0.493 e. The molecule has 19 heavy (non-hydrogen) atoms. The lowest BCUT2D eigenvalue weighted by molar-refractivity contribution is -0.137. The molecule has 0 saturated carbocycles. The standard InChI is InChI=1S/C15H22O4/c1-11(2)19-13-9-8-12(10-14(13)18-3)6-4-5-7-15(16)17/h8-11H,4-7H2,1-3H3,(H,16,17). The Morgan fingerprint density at radius 2 is 2.00 bits per heavy atom. The molecule has 0 aliphatic heterocycles. The number of benzene rings is 1. The van der Waals surface area contributed by atoms with E-state index in [2.05, 4.69) is 0 Å². The van der Waals surface area contributed by atoms with Gasteiger partial charge in [-0.1, -0.05) is 6.07 Å². The number of carboxylic acids is 1. The lowest BCUT2D eigenvalue weighted by Crippen LogP contribution is -2.06. The van der Waals surface area contributed by atoms with Crippen LogP contribution in [-0.4, -0.2) is 24.3 Å². The van der Waals surface area contributed by atoms with Crippen molar-refractivity contribution in [1.82, 2.24) is 0 Å². The summed E-state index contributed by atoms with van der Waals surface area (Å²) in [6, 6.07) is 5.87. The summed E-state index contributed by atoms with van der Waals surface area (Å²) in [5.74, 6) is 0.731. The van der Waals surface area contributed by atoms with Gasteiger partial charge in [-0.3, -0.25) is 4.79 Å². The van der Waals surface area contributed by atoms with E-state index in [0.717, 1.165) is 29.9 Å². The Bertz CT molecular complexity index is 413. The van der Waals surface area contributed by atoms with Crippen LogP contribution in [0.1, 0.15) is 38.7 Å². The zero-order chi connectivity index (χ0) is 14.3. The van der Waals surface area contributed by atoms with Crippen LogP contribution in [0.3, 0.4) is 0 Å². The Hall–Kier alpha value is -1.71. The molecule has 0 saturated heterocycles. The van der Waals surface area contributed by atoms with E-state index in [4.69, 9.17) is 14.6 Å². The van der Waals surface area contributed by atoms with Gasteiger partial charge in [0.15, 0.2) is 11.5 Å². The molecule has 4 heteroatoms. The fraction of sp³-hybridized carbons (Fsp3) is 0.533. The largest absolute Gasteiger partial charge is 0.493 e. The minimum absolute atomic E-state index is 0.107. The second kappa shape index (κ2) is 7.67. The molecule has 0 aliphatic rings. The molecule has 0 aromatic heterocycles. The predicted molar refractivity (Wildman–Crippen MR) is 73.9 cm³/mol. The van der Waals surface area contributed by atoms with E-state index in [0.29, 0.717) is 6.42 Å². The van der Waals surface area contributed by atoms with Gasteiger partial charge in [-0.05, 0) is 50.8 Å². The van der Waals surface area contributed by atoms with E-state index in [1.807, 2.05) is 32.0 Å². The van der Waals surface area contributed by atoms with Crippen molar-refractivity contribution in [3.05, 3.63) is 23.8 Å². The van der Waals surface area contributed by atoms with E-state index in [1.54, 1.807) is 7.11 Å². The Morgan fingerprint density at radius 1 is 1.26 bits per heavy atom. The van der Waals surface area contributed by atoms with Crippen LogP contribution in [0.15, 0.2) is 18.2 Å². The number of aryl methyl sites for hydroxylation is 1. The summed E-state index contributed by atoms with van der Waals surface area (Å²) in [6.45, 7) is 3.94. The first-order valence-corrected chi connectivity index (χ1v) is 6.58. The fourth-order valence-electron chi connectivity index (χ4n) is 1.82. The summed E-state index contributed by atoms with van der Waals surface area (Å²) in [7, 11) is 1.62. The van der Waals surface area contributed by atoms with Crippen molar-refractivity contribution in [1.29, 1.82) is 0 Å². The van der Waals surface area contributed by atoms with Crippen LogP contribution in [0.4, 0.5) is 0 Å². The van der Waals surface area contributed by atoms with E-state index in [-0.39, 0.29) is 12.5 Å². The monoisotopic (exact) mass is 266 g/mol. The Kier molecular flexibility index (Phi) is 6.19. The van der Waals surface area contributed by atoms with Crippen molar-refractivity contribution in [2.75, 3.05) is 7.11 Å². The highest BCUT2D eigenvalue weighted by atomic mass is 16.5. The van der Waals surface area contributed by atoms with Crippen LogP contribution < -0.4 is 9.47 Å². The van der Waals surface area contributed by atoms with Gasteiger partial charge in [0.05, 0.1) is 13.2 Å². The van der Waals surface area contributed by atoms with Gasteiger partial charge >= 0.3 is 5.97 Å². The lowest BCUT2D eigenvalue weighted by atomic mass is 10.1. The number of aliphatic carboxylic acids is 1. The molecule has 0 heterocycles. The first-order valence-electron chi connectivity index (χ1n) is 6.58. The van der Waals surface area contributed by atoms with Gasteiger partial charge in [0.1, 0.15) is 0 Å². The number of unbranched alkanes of at least 4 members (excludes halogenated alkanes) is 1. The molecule has 4 nitrogen and oxygen atoms in total. The fourth-order valence-corrected chi connectivity index (χ4v) is 1.82. The third-order valence-corrected chi connectivity index (χ3v) is 2.70. The second-order valence-corrected chi connectivity index (χ2v) is 4.75. The molecule has 1 N–H and O–H groups in total. The third-order valence-electron chi connectivity index (χ3n) is 2.70. The molecular formula is C15H22O4. The lowest BCUT2D eigenvalue weighted by Gasteiger charge is -2.14. The van der Waals surface area contributed by atoms with E-state index >= 15 is 0 Å². The molecule has 0 fully saturated rings. The predicted octanol–water partition coefficient (Wildman–Crippen LogP) is 3.28. The first kappa shape index (κ1) is 15.3. The van der Waals surface area contributed by atoms with Crippen molar-refractivity contribution >= 4 is 5.97 Å². The first-order chi connectivity index (χ1) is 9.02. The van der Waals surface area contributed by atoms with Crippen LogP contribution in [0.25, 0.3) is 0 Å². The maximum Gasteiger partial charge on any atom is 0.303 e. The molecule has 1 aromatic carbocycles. The molecule has 0 aliphatic carbocycles. The van der Waals surface area contributed by atoms with Crippen molar-refractivity contribution in [3.8, 4) is 11.5 Å². The van der Waals surface area contributed by atoms with Crippen LogP contribution in [0.2, 0.25) is 0 Å². The van der Waals surface area contributed by atoms with Crippen LogP contribution in [-0.2, 0) is 11.2 Å². The average Bonchev–Trinajstić information content (AvgIpc) is 2.35. The van der Waals surface area contributed by atoms with Gasteiger partial charge in [0, 0.05) is 6.42 Å². The van der Waals surface area contributed by atoms with Crippen LogP contribution in [0, 0.1) is 0 Å². The van der Waals surface area contributed by atoms with Crippen molar-refractivity contribution in [3.63, 3.8) is 0 Å². The molecular weight excluding hydrogens is 244 g/mol. The highest BCUT2D eigenvalue weighted by Crippen LogP contribution is 2.29. The second-order valence-electron chi connectivity index (χ2n) is 4.75. The van der Waals surface area contributed by atoms with Gasteiger partial charge < -0.3 is 14.6 Å². The molecule has 0 bridgehead atoms. The highest BCUT2D eigenvalue weighted by molar-refractivity contribution is 5.66. The van der Waals surface area contributed by atoms with E-state index in [9.17, 15) is 4.79 Å². The third kappa shape index (κ3) is 5.64. The maximum absolute atomic E-state index is 10.4. The van der Waals surface area contributed by atoms with E-state index < -0.39 is 5.97 Å². The van der Waals surface area contributed by atoms with Crippen molar-refractivity contribution in [2.45, 2.75) is 45.6 Å². The van der Waals surface area contributed by atoms with Gasteiger partial charge in [-0.15, -0.1) is 0 Å². The Balaban J connectivity index is 2.58. The zero-order valence-electron chi connectivity index (χ0n) is 11.8. The molecule has 106 valence electrons. The van der Waals surface area contributed by atoms with Crippen LogP contribution >= 0.6 is 0 Å². The number of hydrogen-bond acceptors (Lipinski definition) is 3. The highest BCUT2D eigenvalue weighted by Gasteiger charge is 2.07. The number of rotatable bonds is 8. The van der Waals surface area contributed by atoms with E-state index in [1.165, 1.54) is 0 Å². The summed E-state index contributed by atoms with van der Waals surface area (Å²) in [5.41, 5.74) is 1.14. The molecule has 0 atom stereocenters. The minimum atomic E-state index is -0.738. The molecule has 0 spiro atoms. The molecule has 0 unspecified atom stereocenters. The smallest absolute Gasteiger partial charge is 0.303 e. The number of carboxylic acid groups (broad SMARTS) is 1. The van der Waals surface area contributed by atoms with Gasteiger partial charge in [-0.2, -0.15) is 0 Å². The molecule has 1 aromatic rings. The average molecular weight is 266 g/mol.